The highest BCUT2D eigenvalue weighted by Crippen LogP contribution is 2.42. The van der Waals surface area contributed by atoms with Crippen LogP contribution in [0.3, 0.4) is 0 Å². The maximum absolute atomic E-state index is 4.76. The Balaban J connectivity index is 1.59. The van der Waals surface area contributed by atoms with Crippen LogP contribution in [-0.2, 0) is 6.42 Å². The molecule has 0 atom stereocenters. The van der Waals surface area contributed by atoms with Gasteiger partial charge >= 0.3 is 0 Å². The number of benzene rings is 2. The highest BCUT2D eigenvalue weighted by molar-refractivity contribution is 5.78. The van der Waals surface area contributed by atoms with Gasteiger partial charge in [0.25, 0.3) is 0 Å². The number of hydrogen-bond donors (Lipinski definition) is 1. The molecule has 21 heavy (non-hydrogen) atoms. The van der Waals surface area contributed by atoms with E-state index >= 15 is 0 Å². The van der Waals surface area contributed by atoms with Crippen molar-refractivity contribution in [3.05, 3.63) is 71.9 Å². The molecule has 4 heteroatoms. The molecule has 4 nitrogen and oxygen atoms in total. The summed E-state index contributed by atoms with van der Waals surface area (Å²) in [4.78, 5) is 4.05. The Morgan fingerprint density at radius 3 is 2.24 bits per heavy atom. The highest BCUT2D eigenvalue weighted by atomic mass is 16.5. The van der Waals surface area contributed by atoms with Gasteiger partial charge in [0.1, 0.15) is 0 Å². The fourth-order valence-corrected chi connectivity index (χ4v) is 3.01. The van der Waals surface area contributed by atoms with E-state index in [-0.39, 0.29) is 6.04 Å². The van der Waals surface area contributed by atoms with Crippen LogP contribution in [0.5, 0.6) is 0 Å². The van der Waals surface area contributed by atoms with E-state index in [0.29, 0.717) is 0 Å². The third kappa shape index (κ3) is 2.14. The monoisotopic (exact) mass is 277 g/mol. The second-order valence-corrected chi connectivity index (χ2v) is 5.16. The van der Waals surface area contributed by atoms with Crippen molar-refractivity contribution in [3.63, 3.8) is 0 Å². The average molecular weight is 277 g/mol. The molecule has 1 heterocycles. The number of hydrogen-bond acceptors (Lipinski definition) is 4. The van der Waals surface area contributed by atoms with Crippen LogP contribution in [0.2, 0.25) is 0 Å². The highest BCUT2D eigenvalue weighted by Gasteiger charge is 2.27. The van der Waals surface area contributed by atoms with Gasteiger partial charge in [-0.05, 0) is 22.3 Å². The zero-order chi connectivity index (χ0) is 14.1. The predicted octanol–water partition coefficient (Wildman–Crippen LogP) is 2.97. The molecule has 0 radical (unpaired) electrons. The molecule has 1 aromatic heterocycles. The summed E-state index contributed by atoms with van der Waals surface area (Å²) in [6.45, 7) is 0.812. The van der Waals surface area contributed by atoms with Crippen LogP contribution in [0.4, 0.5) is 0 Å². The number of nitrogens with zero attached hydrogens (tertiary/aromatic N) is 2. The van der Waals surface area contributed by atoms with Crippen molar-refractivity contribution in [2.24, 2.45) is 0 Å². The van der Waals surface area contributed by atoms with Crippen LogP contribution < -0.4 is 5.32 Å². The van der Waals surface area contributed by atoms with Crippen molar-refractivity contribution in [1.82, 2.24) is 15.5 Å². The van der Waals surface area contributed by atoms with Crippen LogP contribution in [0, 0.1) is 0 Å². The van der Waals surface area contributed by atoms with Crippen molar-refractivity contribution in [2.45, 2.75) is 12.5 Å². The Morgan fingerprint density at radius 1 is 0.952 bits per heavy atom. The minimum atomic E-state index is 0.240. The average Bonchev–Trinajstić information content (AvgIpc) is 3.15. The minimum Gasteiger partial charge on any atom is -0.343 e. The molecule has 0 aliphatic heterocycles. The molecular weight excluding hydrogens is 262 g/mol. The summed E-state index contributed by atoms with van der Waals surface area (Å²) < 4.78 is 4.76. The third-order valence-electron chi connectivity index (χ3n) is 3.94. The molecule has 1 aliphatic rings. The molecule has 0 unspecified atom stereocenters. The van der Waals surface area contributed by atoms with Gasteiger partial charge in [0.15, 0.2) is 5.82 Å². The van der Waals surface area contributed by atoms with Crippen LogP contribution >= 0.6 is 0 Å². The number of nitrogens with one attached hydrogen (secondary N) is 1. The summed E-state index contributed by atoms with van der Waals surface area (Å²) in [5.41, 5.74) is 5.33. The Kier molecular flexibility index (Phi) is 3.01. The van der Waals surface area contributed by atoms with E-state index in [1.165, 1.54) is 28.6 Å². The molecule has 0 amide bonds. The zero-order valence-electron chi connectivity index (χ0n) is 11.5. The van der Waals surface area contributed by atoms with Gasteiger partial charge in [0, 0.05) is 13.0 Å². The Hall–Kier alpha value is -2.46. The molecule has 1 N–H and O–H groups in total. The number of rotatable bonds is 4. The molecule has 0 spiro atoms. The van der Waals surface area contributed by atoms with E-state index in [2.05, 4.69) is 64.0 Å². The quantitative estimate of drug-likeness (QED) is 0.796. The van der Waals surface area contributed by atoms with Gasteiger partial charge in [-0.15, -0.1) is 0 Å². The fraction of sp³-hybridized carbons (Fsp3) is 0.176. The second kappa shape index (κ2) is 5.14. The molecule has 0 bridgehead atoms. The van der Waals surface area contributed by atoms with E-state index < -0.39 is 0 Å². The van der Waals surface area contributed by atoms with Crippen molar-refractivity contribution in [2.75, 3.05) is 6.54 Å². The molecule has 0 saturated heterocycles. The first-order valence-electron chi connectivity index (χ1n) is 7.10. The first-order valence-corrected chi connectivity index (χ1v) is 7.10. The Morgan fingerprint density at radius 2 is 1.62 bits per heavy atom. The van der Waals surface area contributed by atoms with Gasteiger partial charge < -0.3 is 9.84 Å². The summed E-state index contributed by atoms with van der Waals surface area (Å²) in [7, 11) is 0. The molecule has 4 rings (SSSR count). The van der Waals surface area contributed by atoms with Crippen molar-refractivity contribution in [1.29, 1.82) is 0 Å². The molecule has 0 fully saturated rings. The van der Waals surface area contributed by atoms with Gasteiger partial charge in [-0.3, -0.25) is 0 Å². The normalized spacial score (nSPS) is 13.1. The van der Waals surface area contributed by atoms with Gasteiger partial charge in [-0.1, -0.05) is 53.7 Å². The Labute approximate surface area is 122 Å². The molecular formula is C17H15N3O. The lowest BCUT2D eigenvalue weighted by Crippen LogP contribution is -2.23. The van der Waals surface area contributed by atoms with Crippen molar-refractivity contribution in [3.8, 4) is 11.1 Å². The maximum Gasteiger partial charge on any atom is 0.213 e. The van der Waals surface area contributed by atoms with Gasteiger partial charge in [0.05, 0.1) is 6.04 Å². The van der Waals surface area contributed by atoms with Crippen LogP contribution in [0.1, 0.15) is 23.0 Å². The number of fused-ring (bicyclic) bond motifs is 3. The molecule has 2 aromatic carbocycles. The topological polar surface area (TPSA) is 51.0 Å². The summed E-state index contributed by atoms with van der Waals surface area (Å²) in [5, 5.41) is 7.45. The van der Waals surface area contributed by atoms with Crippen LogP contribution in [-0.4, -0.2) is 16.7 Å². The van der Waals surface area contributed by atoms with Gasteiger partial charge in [0.2, 0.25) is 6.39 Å². The van der Waals surface area contributed by atoms with E-state index in [4.69, 9.17) is 4.52 Å². The summed E-state index contributed by atoms with van der Waals surface area (Å²) in [6, 6.07) is 17.4. The Bertz CT molecular complexity index is 707. The lowest BCUT2D eigenvalue weighted by atomic mass is 10.1. The molecule has 3 aromatic rings. The van der Waals surface area contributed by atoms with E-state index in [1.807, 2.05) is 0 Å². The zero-order valence-corrected chi connectivity index (χ0v) is 11.5. The summed E-state index contributed by atoms with van der Waals surface area (Å²) in [6.07, 6.45) is 2.13. The van der Waals surface area contributed by atoms with Gasteiger partial charge in [-0.25, -0.2) is 0 Å². The minimum absolute atomic E-state index is 0.240. The first-order chi connectivity index (χ1) is 10.4. The van der Waals surface area contributed by atoms with E-state index in [9.17, 15) is 0 Å². The lowest BCUT2D eigenvalue weighted by molar-refractivity contribution is 0.409. The summed E-state index contributed by atoms with van der Waals surface area (Å²) in [5.74, 6) is 0.738. The smallest absolute Gasteiger partial charge is 0.213 e. The molecule has 104 valence electrons. The van der Waals surface area contributed by atoms with Crippen molar-refractivity contribution < 1.29 is 4.52 Å². The maximum atomic E-state index is 4.76. The second-order valence-electron chi connectivity index (χ2n) is 5.16. The summed E-state index contributed by atoms with van der Waals surface area (Å²) >= 11 is 0. The first kappa shape index (κ1) is 12.3. The van der Waals surface area contributed by atoms with Crippen LogP contribution in [0.15, 0.2) is 59.4 Å². The van der Waals surface area contributed by atoms with E-state index in [0.717, 1.165) is 18.8 Å². The number of aromatic nitrogens is 2. The van der Waals surface area contributed by atoms with Crippen LogP contribution in [0.25, 0.3) is 11.1 Å². The molecule has 1 aliphatic carbocycles. The largest absolute Gasteiger partial charge is 0.343 e. The van der Waals surface area contributed by atoms with Gasteiger partial charge in [-0.2, -0.15) is 4.98 Å². The van der Waals surface area contributed by atoms with Crippen molar-refractivity contribution >= 4 is 0 Å². The SMILES string of the molecule is c1ccc2c(c1)-c1ccccc1C2NCCc1ncon1. The third-order valence-corrected chi connectivity index (χ3v) is 3.94. The molecule has 0 saturated carbocycles. The predicted molar refractivity (Wildman–Crippen MR) is 79.7 cm³/mol. The lowest BCUT2D eigenvalue weighted by Gasteiger charge is -2.15. The van der Waals surface area contributed by atoms with E-state index in [1.54, 1.807) is 0 Å². The fourth-order valence-electron chi connectivity index (χ4n) is 3.01. The standard InChI is InChI=1S/C17H15N3O/c1-3-7-14-12(5-1)13-6-2-4-8-15(13)17(14)18-10-9-16-19-11-21-20-16/h1-8,11,17-18H,9-10H2.